The van der Waals surface area contributed by atoms with Crippen molar-refractivity contribution in [3.05, 3.63) is 93.6 Å². The number of hydrogen-bond donors (Lipinski definition) is 2. The van der Waals surface area contributed by atoms with E-state index >= 15 is 0 Å². The first-order valence-corrected chi connectivity index (χ1v) is 8.74. The summed E-state index contributed by atoms with van der Waals surface area (Å²) in [4.78, 5) is 25.0. The van der Waals surface area contributed by atoms with E-state index in [0.717, 1.165) is 9.26 Å². The van der Waals surface area contributed by atoms with Crippen LogP contribution in [0.3, 0.4) is 0 Å². The minimum Gasteiger partial charge on any atom is -0.321 e. The third-order valence-electron chi connectivity index (χ3n) is 3.58. The van der Waals surface area contributed by atoms with E-state index in [1.54, 1.807) is 48.5 Å². The molecule has 0 bridgehead atoms. The zero-order valence-corrected chi connectivity index (χ0v) is 15.4. The Morgan fingerprint density at radius 1 is 0.640 bits per heavy atom. The standard InChI is InChI=1S/C20H15IN2O2/c21-16-11-5-7-13-18(16)23-20(25)15-10-4-6-12-17(15)22-19(24)14-8-2-1-3-9-14/h1-13H,(H,22,24)(H,23,25). The van der Waals surface area contributed by atoms with Gasteiger partial charge >= 0.3 is 0 Å². The number of rotatable bonds is 4. The van der Waals surface area contributed by atoms with Crippen molar-refractivity contribution in [1.82, 2.24) is 0 Å². The van der Waals surface area contributed by atoms with E-state index in [2.05, 4.69) is 33.2 Å². The number of para-hydroxylation sites is 2. The molecule has 0 aliphatic carbocycles. The number of benzene rings is 3. The van der Waals surface area contributed by atoms with Gasteiger partial charge in [-0.05, 0) is 59.0 Å². The zero-order chi connectivity index (χ0) is 17.6. The maximum Gasteiger partial charge on any atom is 0.257 e. The van der Waals surface area contributed by atoms with Crippen LogP contribution in [0.25, 0.3) is 0 Å². The molecule has 0 saturated heterocycles. The molecular formula is C20H15IN2O2. The molecule has 0 spiro atoms. The smallest absolute Gasteiger partial charge is 0.257 e. The van der Waals surface area contributed by atoms with Gasteiger partial charge in [0.2, 0.25) is 0 Å². The third-order valence-corrected chi connectivity index (χ3v) is 4.52. The average molecular weight is 442 g/mol. The molecule has 2 N–H and O–H groups in total. The Balaban J connectivity index is 1.82. The van der Waals surface area contributed by atoms with Crippen molar-refractivity contribution in [2.75, 3.05) is 10.6 Å². The van der Waals surface area contributed by atoms with Gasteiger partial charge in [0.1, 0.15) is 0 Å². The minimum atomic E-state index is -0.270. The van der Waals surface area contributed by atoms with Crippen LogP contribution in [-0.4, -0.2) is 11.8 Å². The lowest BCUT2D eigenvalue weighted by Crippen LogP contribution is -2.18. The minimum absolute atomic E-state index is 0.254. The van der Waals surface area contributed by atoms with Gasteiger partial charge in [0.15, 0.2) is 0 Å². The molecule has 3 aromatic rings. The van der Waals surface area contributed by atoms with Gasteiger partial charge in [0, 0.05) is 9.13 Å². The summed E-state index contributed by atoms with van der Waals surface area (Å²) in [5, 5.41) is 5.69. The Morgan fingerprint density at radius 2 is 1.20 bits per heavy atom. The average Bonchev–Trinajstić information content (AvgIpc) is 2.64. The molecule has 2 amide bonds. The van der Waals surface area contributed by atoms with Gasteiger partial charge < -0.3 is 10.6 Å². The molecule has 4 nitrogen and oxygen atoms in total. The fourth-order valence-corrected chi connectivity index (χ4v) is 2.85. The zero-order valence-electron chi connectivity index (χ0n) is 13.2. The van der Waals surface area contributed by atoms with Gasteiger partial charge in [0.05, 0.1) is 16.9 Å². The second kappa shape index (κ2) is 7.94. The predicted molar refractivity (Wildman–Crippen MR) is 108 cm³/mol. The largest absolute Gasteiger partial charge is 0.321 e. The fourth-order valence-electron chi connectivity index (χ4n) is 2.33. The Hall–Kier alpha value is -2.67. The number of hydrogen-bond acceptors (Lipinski definition) is 2. The summed E-state index contributed by atoms with van der Waals surface area (Å²) in [6.45, 7) is 0. The van der Waals surface area contributed by atoms with Crippen LogP contribution in [0.5, 0.6) is 0 Å². The third kappa shape index (κ3) is 4.24. The van der Waals surface area contributed by atoms with E-state index in [4.69, 9.17) is 0 Å². The highest BCUT2D eigenvalue weighted by molar-refractivity contribution is 14.1. The lowest BCUT2D eigenvalue weighted by Gasteiger charge is -2.12. The van der Waals surface area contributed by atoms with Gasteiger partial charge in [-0.3, -0.25) is 9.59 Å². The van der Waals surface area contributed by atoms with E-state index in [1.165, 1.54) is 0 Å². The van der Waals surface area contributed by atoms with Crippen LogP contribution in [0.15, 0.2) is 78.9 Å². The Labute approximate surface area is 159 Å². The fraction of sp³-hybridized carbons (Fsp3) is 0. The quantitative estimate of drug-likeness (QED) is 0.571. The Kier molecular flexibility index (Phi) is 5.45. The molecule has 124 valence electrons. The molecule has 0 atom stereocenters. The molecule has 0 saturated carbocycles. The summed E-state index contributed by atoms with van der Waals surface area (Å²) in [5.74, 6) is -0.525. The molecule has 25 heavy (non-hydrogen) atoms. The number of carbonyl (C=O) groups is 2. The topological polar surface area (TPSA) is 58.2 Å². The molecule has 0 aliphatic rings. The van der Waals surface area contributed by atoms with Crippen molar-refractivity contribution in [2.24, 2.45) is 0 Å². The Morgan fingerprint density at radius 3 is 1.92 bits per heavy atom. The van der Waals surface area contributed by atoms with Crippen LogP contribution < -0.4 is 10.6 Å². The summed E-state index contributed by atoms with van der Waals surface area (Å²) in [7, 11) is 0. The highest BCUT2D eigenvalue weighted by Crippen LogP contribution is 2.21. The van der Waals surface area contributed by atoms with E-state index in [-0.39, 0.29) is 11.8 Å². The molecular weight excluding hydrogens is 427 g/mol. The van der Waals surface area contributed by atoms with Crippen molar-refractivity contribution in [3.8, 4) is 0 Å². The van der Waals surface area contributed by atoms with Crippen LogP contribution >= 0.6 is 22.6 Å². The second-order valence-electron chi connectivity index (χ2n) is 5.30. The molecule has 5 heteroatoms. The van der Waals surface area contributed by atoms with Crippen LogP contribution in [0.4, 0.5) is 11.4 Å². The molecule has 3 aromatic carbocycles. The van der Waals surface area contributed by atoms with Crippen LogP contribution in [0.1, 0.15) is 20.7 Å². The van der Waals surface area contributed by atoms with Crippen molar-refractivity contribution in [3.63, 3.8) is 0 Å². The van der Waals surface area contributed by atoms with E-state index < -0.39 is 0 Å². The van der Waals surface area contributed by atoms with Gasteiger partial charge in [-0.2, -0.15) is 0 Å². The first-order chi connectivity index (χ1) is 12.1. The number of halogens is 1. The SMILES string of the molecule is O=C(Nc1ccccc1C(=O)Nc1ccccc1I)c1ccccc1. The maximum atomic E-state index is 12.6. The first-order valence-electron chi connectivity index (χ1n) is 7.66. The summed E-state index contributed by atoms with van der Waals surface area (Å²) >= 11 is 2.16. The van der Waals surface area contributed by atoms with E-state index in [0.29, 0.717) is 16.8 Å². The van der Waals surface area contributed by atoms with E-state index in [9.17, 15) is 9.59 Å². The number of nitrogens with one attached hydrogen (secondary N) is 2. The number of carbonyl (C=O) groups excluding carboxylic acids is 2. The second-order valence-corrected chi connectivity index (χ2v) is 6.46. The van der Waals surface area contributed by atoms with Gasteiger partial charge in [-0.25, -0.2) is 0 Å². The van der Waals surface area contributed by atoms with Crippen molar-refractivity contribution < 1.29 is 9.59 Å². The lowest BCUT2D eigenvalue weighted by atomic mass is 10.1. The van der Waals surface area contributed by atoms with Crippen LogP contribution in [0, 0.1) is 3.57 Å². The highest BCUT2D eigenvalue weighted by Gasteiger charge is 2.14. The molecule has 3 rings (SSSR count). The van der Waals surface area contributed by atoms with Crippen molar-refractivity contribution in [2.45, 2.75) is 0 Å². The summed E-state index contributed by atoms with van der Waals surface area (Å²) in [6, 6.07) is 23.4. The maximum absolute atomic E-state index is 12.6. The van der Waals surface area contributed by atoms with Crippen molar-refractivity contribution in [1.29, 1.82) is 0 Å². The first kappa shape index (κ1) is 17.2. The van der Waals surface area contributed by atoms with Crippen LogP contribution in [0.2, 0.25) is 0 Å². The van der Waals surface area contributed by atoms with Gasteiger partial charge in [0.25, 0.3) is 11.8 Å². The number of amides is 2. The molecule has 0 fully saturated rings. The normalized spacial score (nSPS) is 10.1. The molecule has 0 unspecified atom stereocenters. The predicted octanol–water partition coefficient (Wildman–Crippen LogP) is 4.80. The Bertz CT molecular complexity index is 910. The lowest BCUT2D eigenvalue weighted by molar-refractivity contribution is 0.102. The number of anilines is 2. The summed E-state index contributed by atoms with van der Waals surface area (Å²) in [6.07, 6.45) is 0. The van der Waals surface area contributed by atoms with E-state index in [1.807, 2.05) is 30.3 Å². The van der Waals surface area contributed by atoms with Gasteiger partial charge in [-0.1, -0.05) is 42.5 Å². The molecule has 0 aliphatic heterocycles. The summed E-state index contributed by atoms with van der Waals surface area (Å²) in [5.41, 5.74) is 2.15. The molecule has 0 heterocycles. The monoisotopic (exact) mass is 442 g/mol. The van der Waals surface area contributed by atoms with Gasteiger partial charge in [-0.15, -0.1) is 0 Å². The molecule has 0 aromatic heterocycles. The molecule has 0 radical (unpaired) electrons. The van der Waals surface area contributed by atoms with Crippen LogP contribution in [-0.2, 0) is 0 Å². The summed E-state index contributed by atoms with van der Waals surface area (Å²) < 4.78 is 0.944. The van der Waals surface area contributed by atoms with Crippen molar-refractivity contribution >= 4 is 45.8 Å². The highest BCUT2D eigenvalue weighted by atomic mass is 127.